The van der Waals surface area contributed by atoms with Crippen LogP contribution in [0.4, 0.5) is 0 Å². The number of rotatable bonds is 6. The van der Waals surface area contributed by atoms with Crippen molar-refractivity contribution in [1.82, 2.24) is 9.62 Å². The van der Waals surface area contributed by atoms with Gasteiger partial charge in [-0.3, -0.25) is 4.79 Å². The second-order valence-electron chi connectivity index (χ2n) is 6.25. The third-order valence-electron chi connectivity index (χ3n) is 4.09. The number of nitrogens with one attached hydrogen (secondary N) is 1. The maximum atomic E-state index is 12.2. The average Bonchev–Trinajstić information content (AvgIpc) is 2.54. The molecule has 1 aliphatic rings. The van der Waals surface area contributed by atoms with Crippen LogP contribution in [0.25, 0.3) is 0 Å². The van der Waals surface area contributed by atoms with Crippen molar-refractivity contribution in [3.05, 3.63) is 24.3 Å². The van der Waals surface area contributed by atoms with Crippen molar-refractivity contribution in [3.63, 3.8) is 0 Å². The van der Waals surface area contributed by atoms with Crippen LogP contribution in [0.1, 0.15) is 26.2 Å². The van der Waals surface area contributed by atoms with Crippen LogP contribution in [0.3, 0.4) is 0 Å². The lowest BCUT2D eigenvalue weighted by Crippen LogP contribution is -2.40. The van der Waals surface area contributed by atoms with Crippen LogP contribution < -0.4 is 9.86 Å². The van der Waals surface area contributed by atoms with Gasteiger partial charge in [-0.2, -0.15) is 0 Å². The average molecular weight is 389 g/mol. The first-order valence-electron chi connectivity index (χ1n) is 8.00. The van der Waals surface area contributed by atoms with Crippen LogP contribution in [0, 0.1) is 5.92 Å². The van der Waals surface area contributed by atoms with Gasteiger partial charge in [0.15, 0.2) is 0 Å². The zero-order chi connectivity index (χ0) is 18.7. The standard InChI is InChI=1S/C15H23N3O5S2/c1-12-4-3-9-18(11-12)15(19)7-8-17-25(22,23)14-6-2-5-13(10-14)24(16,20)21/h2,5-6,10,12,17H,3-4,7-9,11H2,1H3,(H2,16,20,21). The van der Waals surface area contributed by atoms with Crippen molar-refractivity contribution >= 4 is 26.0 Å². The summed E-state index contributed by atoms with van der Waals surface area (Å²) in [5, 5.41) is 5.01. The predicted molar refractivity (Wildman–Crippen MR) is 92.6 cm³/mol. The molecule has 2 rings (SSSR count). The Bertz CT molecular complexity index is 836. The van der Waals surface area contributed by atoms with E-state index in [-0.39, 0.29) is 28.7 Å². The monoisotopic (exact) mass is 389 g/mol. The zero-order valence-electron chi connectivity index (χ0n) is 14.0. The van der Waals surface area contributed by atoms with E-state index >= 15 is 0 Å². The molecule has 1 aliphatic heterocycles. The van der Waals surface area contributed by atoms with Gasteiger partial charge in [-0.25, -0.2) is 26.7 Å². The SMILES string of the molecule is CC1CCCN(C(=O)CCNS(=O)(=O)c2cccc(S(N)(=O)=O)c2)C1. The van der Waals surface area contributed by atoms with E-state index in [0.717, 1.165) is 18.9 Å². The molecule has 1 aromatic carbocycles. The molecule has 10 heteroatoms. The smallest absolute Gasteiger partial charge is 0.240 e. The van der Waals surface area contributed by atoms with E-state index in [2.05, 4.69) is 11.6 Å². The van der Waals surface area contributed by atoms with Crippen molar-refractivity contribution in [1.29, 1.82) is 0 Å². The Labute approximate surface area is 148 Å². The number of piperidine rings is 1. The summed E-state index contributed by atoms with van der Waals surface area (Å²) in [6, 6.07) is 4.78. The fourth-order valence-electron chi connectivity index (χ4n) is 2.77. The number of carbonyl (C=O) groups excluding carboxylic acids is 1. The van der Waals surface area contributed by atoms with E-state index in [4.69, 9.17) is 5.14 Å². The molecule has 1 fully saturated rings. The van der Waals surface area contributed by atoms with Crippen molar-refractivity contribution < 1.29 is 21.6 Å². The van der Waals surface area contributed by atoms with E-state index in [9.17, 15) is 21.6 Å². The number of benzene rings is 1. The molecule has 0 aliphatic carbocycles. The fourth-order valence-corrected chi connectivity index (χ4v) is 4.48. The fraction of sp³-hybridized carbons (Fsp3) is 0.533. The molecule has 25 heavy (non-hydrogen) atoms. The summed E-state index contributed by atoms with van der Waals surface area (Å²) in [5.74, 6) is 0.364. The van der Waals surface area contributed by atoms with Gasteiger partial charge in [-0.1, -0.05) is 13.0 Å². The minimum atomic E-state index is -3.99. The van der Waals surface area contributed by atoms with Crippen molar-refractivity contribution in [2.45, 2.75) is 36.0 Å². The van der Waals surface area contributed by atoms with Crippen LogP contribution in [0.15, 0.2) is 34.1 Å². The molecule has 0 bridgehead atoms. The topological polar surface area (TPSA) is 127 Å². The lowest BCUT2D eigenvalue weighted by atomic mass is 10.0. The summed E-state index contributed by atoms with van der Waals surface area (Å²) in [5.41, 5.74) is 0. The van der Waals surface area contributed by atoms with Crippen molar-refractivity contribution in [2.75, 3.05) is 19.6 Å². The van der Waals surface area contributed by atoms with Crippen LogP contribution in [-0.4, -0.2) is 47.3 Å². The summed E-state index contributed by atoms with van der Waals surface area (Å²) in [4.78, 5) is 13.4. The second-order valence-corrected chi connectivity index (χ2v) is 9.58. The Morgan fingerprint density at radius 1 is 1.28 bits per heavy atom. The molecule has 1 amide bonds. The Morgan fingerprint density at radius 2 is 1.96 bits per heavy atom. The number of amides is 1. The number of likely N-dealkylation sites (tertiary alicyclic amines) is 1. The van der Waals surface area contributed by atoms with Gasteiger partial charge in [0.2, 0.25) is 26.0 Å². The number of hydrogen-bond acceptors (Lipinski definition) is 5. The first-order chi connectivity index (χ1) is 11.6. The zero-order valence-corrected chi connectivity index (χ0v) is 15.6. The van der Waals surface area contributed by atoms with Gasteiger partial charge in [-0.15, -0.1) is 0 Å². The van der Waals surface area contributed by atoms with Gasteiger partial charge in [0.1, 0.15) is 0 Å². The van der Waals surface area contributed by atoms with Gasteiger partial charge < -0.3 is 4.90 Å². The number of nitrogens with two attached hydrogens (primary N) is 1. The maximum Gasteiger partial charge on any atom is 0.240 e. The highest BCUT2D eigenvalue weighted by molar-refractivity contribution is 7.90. The molecule has 1 atom stereocenters. The molecule has 140 valence electrons. The molecule has 1 aromatic rings. The molecule has 1 heterocycles. The molecule has 8 nitrogen and oxygen atoms in total. The van der Waals surface area contributed by atoms with E-state index in [1.54, 1.807) is 4.90 Å². The molecule has 0 aromatic heterocycles. The first-order valence-corrected chi connectivity index (χ1v) is 11.0. The number of sulfonamides is 2. The second kappa shape index (κ2) is 7.81. The van der Waals surface area contributed by atoms with E-state index in [1.165, 1.54) is 18.2 Å². The summed E-state index contributed by atoms with van der Waals surface area (Å²) in [7, 11) is -7.91. The number of nitrogens with zero attached hydrogens (tertiary/aromatic N) is 1. The van der Waals surface area contributed by atoms with Crippen LogP contribution in [-0.2, 0) is 24.8 Å². The van der Waals surface area contributed by atoms with E-state index < -0.39 is 20.0 Å². The minimum Gasteiger partial charge on any atom is -0.342 e. The molecule has 0 spiro atoms. The molecule has 1 saturated heterocycles. The van der Waals surface area contributed by atoms with Crippen molar-refractivity contribution in [2.24, 2.45) is 11.1 Å². The molecular formula is C15H23N3O5S2. The van der Waals surface area contributed by atoms with Crippen LogP contribution in [0.2, 0.25) is 0 Å². The van der Waals surface area contributed by atoms with Gasteiger partial charge >= 0.3 is 0 Å². The summed E-state index contributed by atoms with van der Waals surface area (Å²) in [6.45, 7) is 3.43. The number of primary sulfonamides is 1. The van der Waals surface area contributed by atoms with Gasteiger partial charge in [0.25, 0.3) is 0 Å². The Hall–Kier alpha value is -1.49. The molecule has 1 unspecified atom stereocenters. The predicted octanol–water partition coefficient (Wildman–Crippen LogP) is 0.261. The highest BCUT2D eigenvalue weighted by Crippen LogP contribution is 2.17. The van der Waals surface area contributed by atoms with E-state index in [1.807, 2.05) is 0 Å². The molecule has 0 radical (unpaired) electrons. The van der Waals surface area contributed by atoms with Gasteiger partial charge in [0.05, 0.1) is 9.79 Å². The van der Waals surface area contributed by atoms with Crippen LogP contribution >= 0.6 is 0 Å². The first kappa shape index (κ1) is 19.8. The number of carbonyl (C=O) groups is 1. The largest absolute Gasteiger partial charge is 0.342 e. The number of hydrogen-bond donors (Lipinski definition) is 2. The minimum absolute atomic E-state index is 0.0500. The normalized spacial score (nSPS) is 19.0. The lowest BCUT2D eigenvalue weighted by molar-refractivity contribution is -0.132. The third-order valence-corrected chi connectivity index (χ3v) is 6.45. The Kier molecular flexibility index (Phi) is 6.20. The lowest BCUT2D eigenvalue weighted by Gasteiger charge is -2.31. The molecule has 0 saturated carbocycles. The third kappa shape index (κ3) is 5.50. The van der Waals surface area contributed by atoms with Gasteiger partial charge in [-0.05, 0) is 37.0 Å². The Morgan fingerprint density at radius 3 is 2.60 bits per heavy atom. The quantitative estimate of drug-likeness (QED) is 0.722. The maximum absolute atomic E-state index is 12.2. The summed E-state index contributed by atoms with van der Waals surface area (Å²) >= 11 is 0. The summed E-state index contributed by atoms with van der Waals surface area (Å²) in [6.07, 6.45) is 2.11. The van der Waals surface area contributed by atoms with Gasteiger partial charge in [0, 0.05) is 26.1 Å². The highest BCUT2D eigenvalue weighted by atomic mass is 32.2. The van der Waals surface area contributed by atoms with Crippen molar-refractivity contribution in [3.8, 4) is 0 Å². The van der Waals surface area contributed by atoms with Crippen LogP contribution in [0.5, 0.6) is 0 Å². The molecule has 3 N–H and O–H groups in total. The van der Waals surface area contributed by atoms with E-state index in [0.29, 0.717) is 19.0 Å². The highest BCUT2D eigenvalue weighted by Gasteiger charge is 2.22. The molecular weight excluding hydrogens is 366 g/mol. The Balaban J connectivity index is 1.97. The summed E-state index contributed by atoms with van der Waals surface area (Å²) < 4.78 is 49.5.